The van der Waals surface area contributed by atoms with Crippen molar-refractivity contribution in [3.63, 3.8) is 0 Å². The molecule has 0 radical (unpaired) electrons. The molecule has 4 N–H and O–H groups in total. The number of aliphatic hydroxyl groups excluding tert-OH is 1. The predicted molar refractivity (Wildman–Crippen MR) is 124 cm³/mol. The summed E-state index contributed by atoms with van der Waals surface area (Å²) in [6.07, 6.45) is 0.944. The second kappa shape index (κ2) is 9.04. The van der Waals surface area contributed by atoms with Gasteiger partial charge in [-0.15, -0.1) is 0 Å². The SMILES string of the molecule is CNc1ncc2cc(-c3cc(NC(=O)NC[C@H](O)C(C)(C)C)c(F)cc3C)c(C)nc2n1. The number of nitrogens with zero attached hydrogens (tertiary/aromatic N) is 3. The van der Waals surface area contributed by atoms with Gasteiger partial charge in [-0.3, -0.25) is 0 Å². The Morgan fingerprint density at radius 1 is 1.16 bits per heavy atom. The van der Waals surface area contributed by atoms with E-state index in [1.54, 1.807) is 26.2 Å². The number of anilines is 2. The first kappa shape index (κ1) is 23.3. The standard InChI is InChI=1S/C23H29FN6O2/c1-12-7-17(24)18(29-22(32)27-11-19(31)23(3,4)5)9-15(12)16-8-14-10-26-21(25-6)30-20(14)28-13(16)2/h7-10,19,31H,11H2,1-6H3,(H2,27,29,32)(H,25,26,28,30)/t19-/m0/s1. The maximum absolute atomic E-state index is 14.6. The minimum absolute atomic E-state index is 0.0367. The van der Waals surface area contributed by atoms with Gasteiger partial charge in [0, 0.05) is 36.4 Å². The second-order valence-corrected chi connectivity index (χ2v) is 8.84. The van der Waals surface area contributed by atoms with Crippen LogP contribution in [0.2, 0.25) is 0 Å². The van der Waals surface area contributed by atoms with Crippen molar-refractivity contribution in [1.29, 1.82) is 0 Å². The Bertz CT molecular complexity index is 1160. The lowest BCUT2D eigenvalue weighted by atomic mass is 9.89. The van der Waals surface area contributed by atoms with Gasteiger partial charge in [0.05, 0.1) is 11.8 Å². The highest BCUT2D eigenvalue weighted by molar-refractivity contribution is 5.91. The molecule has 0 saturated carbocycles. The van der Waals surface area contributed by atoms with Gasteiger partial charge >= 0.3 is 6.03 Å². The van der Waals surface area contributed by atoms with Crippen molar-refractivity contribution < 1.29 is 14.3 Å². The van der Waals surface area contributed by atoms with Gasteiger partial charge in [-0.1, -0.05) is 20.8 Å². The molecule has 2 heterocycles. The smallest absolute Gasteiger partial charge is 0.319 e. The molecule has 1 aromatic carbocycles. The fourth-order valence-corrected chi connectivity index (χ4v) is 3.17. The molecule has 0 unspecified atom stereocenters. The number of halogens is 1. The fraction of sp³-hybridized carbons (Fsp3) is 0.391. The van der Waals surface area contributed by atoms with Gasteiger partial charge in [-0.25, -0.2) is 19.2 Å². The lowest BCUT2D eigenvalue weighted by Crippen LogP contribution is -2.41. The van der Waals surface area contributed by atoms with Gasteiger partial charge in [0.2, 0.25) is 5.95 Å². The number of nitrogens with one attached hydrogen (secondary N) is 3. The largest absolute Gasteiger partial charge is 0.391 e. The third-order valence-electron chi connectivity index (χ3n) is 5.29. The molecular weight excluding hydrogens is 411 g/mol. The van der Waals surface area contributed by atoms with E-state index in [0.717, 1.165) is 22.2 Å². The number of urea groups is 1. The van der Waals surface area contributed by atoms with Crippen LogP contribution in [-0.4, -0.2) is 45.8 Å². The quantitative estimate of drug-likeness (QED) is 0.477. The summed E-state index contributed by atoms with van der Waals surface area (Å²) in [5, 5.41) is 18.8. The Morgan fingerprint density at radius 2 is 1.88 bits per heavy atom. The number of aryl methyl sites for hydroxylation is 2. The van der Waals surface area contributed by atoms with Crippen LogP contribution in [0.25, 0.3) is 22.2 Å². The zero-order valence-corrected chi connectivity index (χ0v) is 19.2. The number of carbonyl (C=O) groups is 1. The summed E-state index contributed by atoms with van der Waals surface area (Å²) in [6, 6.07) is 4.27. The molecule has 1 atom stereocenters. The molecule has 0 fully saturated rings. The van der Waals surface area contributed by atoms with E-state index < -0.39 is 18.0 Å². The molecule has 32 heavy (non-hydrogen) atoms. The summed E-state index contributed by atoms with van der Waals surface area (Å²) < 4.78 is 14.6. The van der Waals surface area contributed by atoms with E-state index in [0.29, 0.717) is 17.2 Å². The van der Waals surface area contributed by atoms with Crippen molar-refractivity contribution >= 4 is 28.7 Å². The molecule has 0 aliphatic rings. The maximum atomic E-state index is 14.6. The van der Waals surface area contributed by atoms with Crippen molar-refractivity contribution in [2.24, 2.45) is 5.41 Å². The highest BCUT2D eigenvalue weighted by Crippen LogP contribution is 2.32. The number of pyridine rings is 1. The number of hydrogen-bond donors (Lipinski definition) is 4. The van der Waals surface area contributed by atoms with E-state index >= 15 is 0 Å². The van der Waals surface area contributed by atoms with Crippen LogP contribution in [0.4, 0.5) is 20.8 Å². The molecule has 3 rings (SSSR count). The molecule has 170 valence electrons. The summed E-state index contributed by atoms with van der Waals surface area (Å²) in [5.74, 6) is -0.0737. The van der Waals surface area contributed by atoms with E-state index in [4.69, 9.17) is 0 Å². The molecule has 0 aliphatic heterocycles. The molecule has 0 saturated heterocycles. The summed E-state index contributed by atoms with van der Waals surface area (Å²) in [4.78, 5) is 25.5. The third kappa shape index (κ3) is 5.11. The average Bonchev–Trinajstić information content (AvgIpc) is 2.72. The summed E-state index contributed by atoms with van der Waals surface area (Å²) in [6.45, 7) is 9.31. The minimum atomic E-state index is -0.733. The van der Waals surface area contributed by atoms with E-state index in [1.807, 2.05) is 33.8 Å². The first-order valence-corrected chi connectivity index (χ1v) is 10.3. The van der Waals surface area contributed by atoms with Crippen LogP contribution < -0.4 is 16.0 Å². The van der Waals surface area contributed by atoms with Gasteiger partial charge in [0.1, 0.15) is 5.82 Å². The zero-order chi connectivity index (χ0) is 23.6. The lowest BCUT2D eigenvalue weighted by molar-refractivity contribution is 0.0654. The third-order valence-corrected chi connectivity index (χ3v) is 5.29. The zero-order valence-electron chi connectivity index (χ0n) is 19.2. The molecule has 3 aromatic rings. The van der Waals surface area contributed by atoms with Crippen molar-refractivity contribution in [2.45, 2.75) is 40.7 Å². The Kier molecular flexibility index (Phi) is 6.59. The van der Waals surface area contributed by atoms with Crippen LogP contribution in [0.3, 0.4) is 0 Å². The molecule has 2 aromatic heterocycles. The normalized spacial score (nSPS) is 12.5. The van der Waals surface area contributed by atoms with E-state index in [9.17, 15) is 14.3 Å². The molecule has 9 heteroatoms. The molecular formula is C23H29FN6O2. The first-order valence-electron chi connectivity index (χ1n) is 10.3. The molecule has 0 bridgehead atoms. The number of fused-ring (bicyclic) bond motifs is 1. The van der Waals surface area contributed by atoms with E-state index in [-0.39, 0.29) is 17.6 Å². The first-order chi connectivity index (χ1) is 15.0. The topological polar surface area (TPSA) is 112 Å². The van der Waals surface area contributed by atoms with Crippen LogP contribution in [0.1, 0.15) is 32.0 Å². The molecule has 8 nitrogen and oxygen atoms in total. The van der Waals surface area contributed by atoms with Crippen LogP contribution in [0, 0.1) is 25.1 Å². The minimum Gasteiger partial charge on any atom is -0.391 e. The number of carbonyl (C=O) groups excluding carboxylic acids is 1. The summed E-state index contributed by atoms with van der Waals surface area (Å²) in [7, 11) is 1.73. The number of aromatic nitrogens is 3. The molecule has 0 aliphatic carbocycles. The van der Waals surface area contributed by atoms with Crippen molar-refractivity contribution in [2.75, 3.05) is 24.2 Å². The summed E-state index contributed by atoms with van der Waals surface area (Å²) in [5.41, 5.74) is 3.16. The fourth-order valence-electron chi connectivity index (χ4n) is 3.17. The predicted octanol–water partition coefficient (Wildman–Crippen LogP) is 4.02. The Hall–Kier alpha value is -3.33. The van der Waals surface area contributed by atoms with Crippen LogP contribution in [-0.2, 0) is 0 Å². The highest BCUT2D eigenvalue weighted by atomic mass is 19.1. The number of amides is 2. The highest BCUT2D eigenvalue weighted by Gasteiger charge is 2.22. The van der Waals surface area contributed by atoms with Gasteiger partial charge in [0.25, 0.3) is 0 Å². The number of aliphatic hydroxyl groups is 1. The molecule has 2 amide bonds. The van der Waals surface area contributed by atoms with Gasteiger partial charge in [-0.2, -0.15) is 4.98 Å². The van der Waals surface area contributed by atoms with Gasteiger partial charge in [-0.05, 0) is 48.6 Å². The van der Waals surface area contributed by atoms with E-state index in [2.05, 4.69) is 30.9 Å². The van der Waals surface area contributed by atoms with Crippen LogP contribution in [0.15, 0.2) is 24.4 Å². The van der Waals surface area contributed by atoms with Crippen LogP contribution >= 0.6 is 0 Å². The number of rotatable bonds is 5. The monoisotopic (exact) mass is 440 g/mol. The maximum Gasteiger partial charge on any atom is 0.319 e. The van der Waals surface area contributed by atoms with E-state index in [1.165, 1.54) is 6.07 Å². The average molecular weight is 441 g/mol. The second-order valence-electron chi connectivity index (χ2n) is 8.84. The number of benzene rings is 1. The Balaban J connectivity index is 1.90. The molecule has 0 spiro atoms. The Labute approximate surface area is 186 Å². The Morgan fingerprint density at radius 3 is 2.53 bits per heavy atom. The van der Waals surface area contributed by atoms with Gasteiger partial charge < -0.3 is 21.1 Å². The van der Waals surface area contributed by atoms with Crippen LogP contribution in [0.5, 0.6) is 0 Å². The lowest BCUT2D eigenvalue weighted by Gasteiger charge is -2.26. The summed E-state index contributed by atoms with van der Waals surface area (Å²) >= 11 is 0. The number of hydrogen-bond acceptors (Lipinski definition) is 6. The van der Waals surface area contributed by atoms with Gasteiger partial charge in [0.15, 0.2) is 5.65 Å². The van der Waals surface area contributed by atoms with Crippen molar-refractivity contribution in [3.05, 3.63) is 41.5 Å². The van der Waals surface area contributed by atoms with Crippen molar-refractivity contribution in [1.82, 2.24) is 20.3 Å². The van der Waals surface area contributed by atoms with Crippen molar-refractivity contribution in [3.8, 4) is 11.1 Å².